The first-order chi connectivity index (χ1) is 12.1. The van der Waals surface area contributed by atoms with Crippen molar-refractivity contribution in [3.8, 4) is 5.75 Å². The molecule has 0 saturated carbocycles. The maximum Gasteiger partial charge on any atom is 0.320 e. The van der Waals surface area contributed by atoms with Crippen molar-refractivity contribution in [1.29, 1.82) is 0 Å². The number of urea groups is 1. The predicted molar refractivity (Wildman–Crippen MR) is 94.8 cm³/mol. The standard InChI is InChI=1S/C19H25N3O3/c1-25-16-6-4-5-15(11-16)22-14-19(12-17(22)23)7-10-21(13-19)18(24)20-8-2-3-9-20/h4-6,11H,2-3,7-10,12-14H2,1H3/t19-/m0/s1. The Bertz CT molecular complexity index is 686. The molecule has 1 spiro atoms. The van der Waals surface area contributed by atoms with Gasteiger partial charge < -0.3 is 19.4 Å². The molecule has 3 aliphatic heterocycles. The van der Waals surface area contributed by atoms with E-state index >= 15 is 0 Å². The van der Waals surface area contributed by atoms with E-state index in [0.717, 1.165) is 50.3 Å². The van der Waals surface area contributed by atoms with E-state index < -0.39 is 0 Å². The quantitative estimate of drug-likeness (QED) is 0.828. The van der Waals surface area contributed by atoms with Gasteiger partial charge in [0.25, 0.3) is 0 Å². The van der Waals surface area contributed by atoms with E-state index in [-0.39, 0.29) is 17.4 Å². The maximum atomic E-state index is 12.6. The van der Waals surface area contributed by atoms with Crippen molar-refractivity contribution in [1.82, 2.24) is 9.80 Å². The second-order valence-corrected chi connectivity index (χ2v) is 7.51. The molecule has 1 aromatic rings. The molecule has 3 saturated heterocycles. The number of rotatable bonds is 2. The van der Waals surface area contributed by atoms with Crippen LogP contribution < -0.4 is 9.64 Å². The highest BCUT2D eigenvalue weighted by atomic mass is 16.5. The first-order valence-corrected chi connectivity index (χ1v) is 9.09. The number of hydrogen-bond acceptors (Lipinski definition) is 3. The Labute approximate surface area is 148 Å². The first kappa shape index (κ1) is 16.2. The van der Waals surface area contributed by atoms with Gasteiger partial charge in [-0.25, -0.2) is 4.79 Å². The van der Waals surface area contributed by atoms with Crippen molar-refractivity contribution >= 4 is 17.6 Å². The molecule has 3 aliphatic rings. The van der Waals surface area contributed by atoms with Gasteiger partial charge in [-0.1, -0.05) is 6.07 Å². The molecule has 3 heterocycles. The van der Waals surface area contributed by atoms with Crippen LogP contribution in [0.4, 0.5) is 10.5 Å². The molecule has 0 radical (unpaired) electrons. The lowest BCUT2D eigenvalue weighted by molar-refractivity contribution is -0.117. The normalized spacial score (nSPS) is 26.1. The summed E-state index contributed by atoms with van der Waals surface area (Å²) in [5.74, 6) is 0.896. The zero-order chi connectivity index (χ0) is 17.4. The lowest BCUT2D eigenvalue weighted by atomic mass is 9.86. The first-order valence-electron chi connectivity index (χ1n) is 9.09. The molecule has 0 unspecified atom stereocenters. The van der Waals surface area contributed by atoms with Gasteiger partial charge in [0.1, 0.15) is 5.75 Å². The predicted octanol–water partition coefficient (Wildman–Crippen LogP) is 2.34. The number of hydrogen-bond donors (Lipinski definition) is 0. The van der Waals surface area contributed by atoms with E-state index in [2.05, 4.69) is 0 Å². The highest BCUT2D eigenvalue weighted by Gasteiger charge is 2.49. The molecule has 0 aliphatic carbocycles. The summed E-state index contributed by atoms with van der Waals surface area (Å²) in [6.07, 6.45) is 3.63. The molecular weight excluding hydrogens is 318 g/mol. The topological polar surface area (TPSA) is 53.1 Å². The van der Waals surface area contributed by atoms with Crippen LogP contribution in [0.5, 0.6) is 5.75 Å². The fraction of sp³-hybridized carbons (Fsp3) is 0.579. The summed E-state index contributed by atoms with van der Waals surface area (Å²) < 4.78 is 5.28. The molecule has 25 heavy (non-hydrogen) atoms. The molecule has 1 aromatic carbocycles. The van der Waals surface area contributed by atoms with Gasteiger partial charge in [-0.2, -0.15) is 0 Å². The number of carbonyl (C=O) groups is 2. The highest BCUT2D eigenvalue weighted by Crippen LogP contribution is 2.42. The number of carbonyl (C=O) groups excluding carboxylic acids is 2. The number of likely N-dealkylation sites (tertiary alicyclic amines) is 2. The van der Waals surface area contributed by atoms with Crippen LogP contribution in [0.25, 0.3) is 0 Å². The van der Waals surface area contributed by atoms with Crippen molar-refractivity contribution in [2.75, 3.05) is 44.7 Å². The Morgan fingerprint density at radius 2 is 1.92 bits per heavy atom. The number of methoxy groups -OCH3 is 1. The zero-order valence-corrected chi connectivity index (χ0v) is 14.7. The van der Waals surface area contributed by atoms with Gasteiger partial charge in [0.2, 0.25) is 5.91 Å². The molecule has 0 bridgehead atoms. The Kier molecular flexibility index (Phi) is 4.06. The average Bonchev–Trinajstić information content (AvgIpc) is 3.36. The zero-order valence-electron chi connectivity index (χ0n) is 14.7. The van der Waals surface area contributed by atoms with Crippen LogP contribution in [0, 0.1) is 5.41 Å². The summed E-state index contributed by atoms with van der Waals surface area (Å²) >= 11 is 0. The molecule has 3 amide bonds. The third kappa shape index (κ3) is 2.94. The Balaban J connectivity index is 1.47. The maximum absolute atomic E-state index is 12.6. The van der Waals surface area contributed by atoms with Crippen LogP contribution in [0.2, 0.25) is 0 Å². The van der Waals surface area contributed by atoms with Gasteiger partial charge in [0, 0.05) is 56.3 Å². The van der Waals surface area contributed by atoms with Crippen LogP contribution in [0.15, 0.2) is 24.3 Å². The molecule has 134 valence electrons. The third-order valence-corrected chi connectivity index (χ3v) is 5.77. The monoisotopic (exact) mass is 343 g/mol. The lowest BCUT2D eigenvalue weighted by Gasteiger charge is -2.27. The number of nitrogens with zero attached hydrogens (tertiary/aromatic N) is 3. The number of amides is 3. The van der Waals surface area contributed by atoms with Gasteiger partial charge in [0.05, 0.1) is 7.11 Å². The van der Waals surface area contributed by atoms with Crippen molar-refractivity contribution in [3.63, 3.8) is 0 Å². The van der Waals surface area contributed by atoms with Crippen molar-refractivity contribution < 1.29 is 14.3 Å². The molecule has 6 heteroatoms. The average molecular weight is 343 g/mol. The van der Waals surface area contributed by atoms with E-state index in [9.17, 15) is 9.59 Å². The second-order valence-electron chi connectivity index (χ2n) is 7.51. The summed E-state index contributed by atoms with van der Waals surface area (Å²) in [5.41, 5.74) is 0.778. The van der Waals surface area contributed by atoms with E-state index in [1.165, 1.54) is 0 Å². The van der Waals surface area contributed by atoms with Crippen LogP contribution in [-0.4, -0.2) is 61.6 Å². The number of anilines is 1. The van der Waals surface area contributed by atoms with E-state index in [0.29, 0.717) is 19.5 Å². The highest BCUT2D eigenvalue weighted by molar-refractivity contribution is 5.96. The fourth-order valence-electron chi connectivity index (χ4n) is 4.39. The van der Waals surface area contributed by atoms with Gasteiger partial charge in [-0.15, -0.1) is 0 Å². The summed E-state index contributed by atoms with van der Waals surface area (Å²) in [7, 11) is 1.63. The molecule has 0 aromatic heterocycles. The van der Waals surface area contributed by atoms with Crippen LogP contribution in [0.3, 0.4) is 0 Å². The minimum atomic E-state index is -0.102. The SMILES string of the molecule is COc1cccc(N2C[C@@]3(CCN(C(=O)N4CCCC4)C3)CC2=O)c1. The molecule has 4 rings (SSSR count). The molecule has 0 N–H and O–H groups in total. The van der Waals surface area contributed by atoms with E-state index in [1.54, 1.807) is 7.11 Å². The minimum Gasteiger partial charge on any atom is -0.497 e. The van der Waals surface area contributed by atoms with Gasteiger partial charge in [0.15, 0.2) is 0 Å². The van der Waals surface area contributed by atoms with Gasteiger partial charge >= 0.3 is 6.03 Å². The van der Waals surface area contributed by atoms with E-state index in [4.69, 9.17) is 4.74 Å². The Morgan fingerprint density at radius 1 is 1.12 bits per heavy atom. The largest absolute Gasteiger partial charge is 0.497 e. The fourth-order valence-corrected chi connectivity index (χ4v) is 4.39. The van der Waals surface area contributed by atoms with Gasteiger partial charge in [-0.05, 0) is 31.4 Å². The number of benzene rings is 1. The number of ether oxygens (including phenoxy) is 1. The molecule has 3 fully saturated rings. The summed E-state index contributed by atoms with van der Waals surface area (Å²) in [6.45, 7) is 3.88. The molecule has 6 nitrogen and oxygen atoms in total. The third-order valence-electron chi connectivity index (χ3n) is 5.77. The van der Waals surface area contributed by atoms with Crippen LogP contribution >= 0.6 is 0 Å². The van der Waals surface area contributed by atoms with Gasteiger partial charge in [-0.3, -0.25) is 4.79 Å². The second kappa shape index (κ2) is 6.24. The smallest absolute Gasteiger partial charge is 0.320 e. The summed E-state index contributed by atoms with van der Waals surface area (Å²) in [4.78, 5) is 31.0. The lowest BCUT2D eigenvalue weighted by Crippen LogP contribution is -2.42. The van der Waals surface area contributed by atoms with Crippen molar-refractivity contribution in [3.05, 3.63) is 24.3 Å². The molecular formula is C19H25N3O3. The Hall–Kier alpha value is -2.24. The summed E-state index contributed by atoms with van der Waals surface area (Å²) in [5, 5.41) is 0. The molecule has 1 atom stereocenters. The van der Waals surface area contributed by atoms with Crippen LogP contribution in [-0.2, 0) is 4.79 Å². The summed E-state index contributed by atoms with van der Waals surface area (Å²) in [6, 6.07) is 7.79. The van der Waals surface area contributed by atoms with Crippen molar-refractivity contribution in [2.45, 2.75) is 25.7 Å². The van der Waals surface area contributed by atoms with E-state index in [1.807, 2.05) is 39.0 Å². The minimum absolute atomic E-state index is 0.102. The van der Waals surface area contributed by atoms with Crippen molar-refractivity contribution in [2.24, 2.45) is 5.41 Å². The van der Waals surface area contributed by atoms with Crippen LogP contribution in [0.1, 0.15) is 25.7 Å². The Morgan fingerprint density at radius 3 is 2.68 bits per heavy atom.